The van der Waals surface area contributed by atoms with Crippen molar-refractivity contribution >= 4 is 24.0 Å². The Balaban J connectivity index is 1.59. The van der Waals surface area contributed by atoms with Crippen LogP contribution >= 0.6 is 0 Å². The highest BCUT2D eigenvalue weighted by Gasteiger charge is 2.21. The van der Waals surface area contributed by atoms with Crippen molar-refractivity contribution in [3.05, 3.63) is 44.2 Å². The van der Waals surface area contributed by atoms with E-state index < -0.39 is 0 Å². The number of aromatic amines is 2. The van der Waals surface area contributed by atoms with E-state index in [1.54, 1.807) is 0 Å². The summed E-state index contributed by atoms with van der Waals surface area (Å²) in [6, 6.07) is 2.30. The van der Waals surface area contributed by atoms with Crippen molar-refractivity contribution in [1.82, 2.24) is 30.6 Å². The van der Waals surface area contributed by atoms with Gasteiger partial charge in [-0.2, -0.15) is 0 Å². The summed E-state index contributed by atoms with van der Waals surface area (Å²) in [7, 11) is 0. The normalized spacial score (nSPS) is 11.8. The lowest BCUT2D eigenvalue weighted by molar-refractivity contribution is 0.238. The number of carbonyl (C=O) groups is 2. The van der Waals surface area contributed by atoms with E-state index in [0.29, 0.717) is 24.5 Å². The van der Waals surface area contributed by atoms with Crippen LogP contribution in [0.1, 0.15) is 226 Å². The number of anilines is 2. The van der Waals surface area contributed by atoms with Gasteiger partial charge in [-0.1, -0.05) is 189 Å². The summed E-state index contributed by atoms with van der Waals surface area (Å²) in [5.74, 6) is 0.363. The first kappa shape index (κ1) is 53.4. The minimum absolute atomic E-state index is 0.108. The molecule has 0 saturated heterocycles. The van der Waals surface area contributed by atoms with Gasteiger partial charge in [0.15, 0.2) is 0 Å². The van der Waals surface area contributed by atoms with E-state index in [1.807, 2.05) is 0 Å². The van der Waals surface area contributed by atoms with Crippen LogP contribution in [0, 0.1) is 10.8 Å². The van der Waals surface area contributed by atoms with E-state index in [1.165, 1.54) is 128 Å². The van der Waals surface area contributed by atoms with Gasteiger partial charge in [0.25, 0.3) is 11.1 Å². The lowest BCUT2D eigenvalue weighted by Crippen LogP contribution is -2.37. The van der Waals surface area contributed by atoms with Gasteiger partial charge in [0, 0.05) is 36.6 Å². The van der Waals surface area contributed by atoms with Gasteiger partial charge < -0.3 is 10.6 Å². The molecule has 0 aliphatic rings. The zero-order valence-electron chi connectivity index (χ0n) is 39.6. The average Bonchev–Trinajstić information content (AvgIpc) is 3.20. The molecule has 0 radical (unpaired) electrons. The highest BCUT2D eigenvalue weighted by atomic mass is 16.2. The third-order valence-electron chi connectivity index (χ3n) is 11.8. The molecule has 4 amide bonds. The van der Waals surface area contributed by atoms with Gasteiger partial charge in [-0.25, -0.2) is 19.6 Å². The monoisotopic (exact) mass is 853 g/mol. The number of nitrogens with zero attached hydrogens (tertiary/aromatic N) is 2. The molecule has 0 bridgehead atoms. The molecule has 12 heteroatoms. The molecule has 0 aliphatic heterocycles. The van der Waals surface area contributed by atoms with Crippen LogP contribution in [0.4, 0.5) is 21.5 Å². The largest absolute Gasteiger partial charge is 0.337 e. The second kappa shape index (κ2) is 32.0. The van der Waals surface area contributed by atoms with Crippen molar-refractivity contribution in [1.29, 1.82) is 0 Å². The van der Waals surface area contributed by atoms with Crippen molar-refractivity contribution in [3.8, 4) is 0 Å². The molecule has 0 spiro atoms. The zero-order valence-corrected chi connectivity index (χ0v) is 39.6. The Bertz CT molecular complexity index is 1470. The number of rotatable bonds is 36. The van der Waals surface area contributed by atoms with Crippen LogP contribution in [-0.4, -0.2) is 45.1 Å². The number of aryl methyl sites for hydroxylation is 2. The standard InChI is InChI=1S/C49H88N8O4/c1-7-9-11-13-15-17-19-21-23-25-28-32-40-36-42(58)54-44(52-40)56-46(60)50-38-48(3,4)34-30-27-31-35-49(5,6)39-51-47(61)57-45-53-41(37-43(59)55-45)33-29-26-24-22-20-18-16-14-12-10-8-2/h36-37H,7-35,38-39H2,1-6H3,(H3,50,52,54,56,58,60)(H3,51,53,55,57,59,61). The molecular formula is C49H88N8O4. The number of hydrogen-bond donors (Lipinski definition) is 6. The predicted octanol–water partition coefficient (Wildman–Crippen LogP) is 12.5. The predicted molar refractivity (Wildman–Crippen MR) is 255 cm³/mol. The molecule has 0 atom stereocenters. The maximum atomic E-state index is 12.7. The van der Waals surface area contributed by atoms with Crippen molar-refractivity contribution in [3.63, 3.8) is 0 Å². The molecule has 2 aromatic heterocycles. The van der Waals surface area contributed by atoms with Gasteiger partial charge >= 0.3 is 12.1 Å². The number of aromatic nitrogens is 4. The Kier molecular flexibility index (Phi) is 28.1. The van der Waals surface area contributed by atoms with Gasteiger partial charge in [0.2, 0.25) is 11.9 Å². The summed E-state index contributed by atoms with van der Waals surface area (Å²) in [6.45, 7) is 14.1. The minimum atomic E-state index is -0.379. The Hall–Kier alpha value is -3.70. The molecule has 12 nitrogen and oxygen atoms in total. The Labute approximate surface area is 369 Å². The van der Waals surface area contributed by atoms with E-state index in [9.17, 15) is 19.2 Å². The summed E-state index contributed by atoms with van der Waals surface area (Å²) in [4.78, 5) is 64.3. The van der Waals surface area contributed by atoms with Crippen molar-refractivity contribution in [2.75, 3.05) is 23.7 Å². The number of hydrogen-bond acceptors (Lipinski definition) is 6. The summed E-state index contributed by atoms with van der Waals surface area (Å²) in [6.07, 6.45) is 34.3. The summed E-state index contributed by atoms with van der Waals surface area (Å²) in [5.41, 5.74) is 0.682. The van der Waals surface area contributed by atoms with Gasteiger partial charge in [-0.15, -0.1) is 0 Å². The lowest BCUT2D eigenvalue weighted by atomic mass is 9.84. The molecule has 61 heavy (non-hydrogen) atoms. The van der Waals surface area contributed by atoms with Crippen molar-refractivity contribution < 1.29 is 9.59 Å². The van der Waals surface area contributed by atoms with E-state index >= 15 is 0 Å². The fourth-order valence-corrected chi connectivity index (χ4v) is 7.83. The topological polar surface area (TPSA) is 174 Å². The molecule has 2 aromatic rings. The first-order valence-corrected chi connectivity index (χ1v) is 24.6. The second-order valence-corrected chi connectivity index (χ2v) is 19.2. The summed E-state index contributed by atoms with van der Waals surface area (Å²) < 4.78 is 0. The number of H-pyrrole nitrogens is 2. The molecule has 0 unspecified atom stereocenters. The van der Waals surface area contributed by atoms with E-state index in [2.05, 4.69) is 82.7 Å². The van der Waals surface area contributed by atoms with Crippen LogP contribution in [0.15, 0.2) is 21.7 Å². The van der Waals surface area contributed by atoms with E-state index in [4.69, 9.17) is 0 Å². The molecule has 6 N–H and O–H groups in total. The van der Waals surface area contributed by atoms with Crippen LogP contribution in [0.5, 0.6) is 0 Å². The van der Waals surface area contributed by atoms with Gasteiger partial charge in [0.1, 0.15) is 0 Å². The molecule has 0 fully saturated rings. The van der Waals surface area contributed by atoms with Crippen LogP contribution < -0.4 is 32.4 Å². The molecule has 348 valence electrons. The average molecular weight is 853 g/mol. The van der Waals surface area contributed by atoms with Crippen LogP contribution in [0.2, 0.25) is 0 Å². The van der Waals surface area contributed by atoms with Crippen molar-refractivity contribution in [2.45, 2.75) is 228 Å². The fraction of sp³-hybridized carbons (Fsp3) is 0.796. The van der Waals surface area contributed by atoms with E-state index in [-0.39, 0.29) is 45.9 Å². The Morgan fingerprint density at radius 3 is 1.10 bits per heavy atom. The van der Waals surface area contributed by atoms with Gasteiger partial charge in [-0.05, 0) is 49.4 Å². The Morgan fingerprint density at radius 2 is 0.770 bits per heavy atom. The molecule has 2 rings (SSSR count). The van der Waals surface area contributed by atoms with Crippen LogP contribution in [0.3, 0.4) is 0 Å². The first-order valence-electron chi connectivity index (χ1n) is 24.6. The minimum Gasteiger partial charge on any atom is -0.337 e. The maximum absolute atomic E-state index is 12.7. The third-order valence-corrected chi connectivity index (χ3v) is 11.8. The lowest BCUT2D eigenvalue weighted by Gasteiger charge is -2.26. The molecule has 0 aromatic carbocycles. The van der Waals surface area contributed by atoms with Crippen molar-refractivity contribution in [2.24, 2.45) is 10.8 Å². The molecule has 2 heterocycles. The SMILES string of the molecule is CCCCCCCCCCCCCc1cc(=O)[nH]c(NC(=O)NCC(C)(C)CCCCCC(C)(C)CNC(=O)Nc2nc(CCCCCCCCCCCCC)cc(=O)[nH]2)n1. The highest BCUT2D eigenvalue weighted by Crippen LogP contribution is 2.27. The second-order valence-electron chi connectivity index (χ2n) is 19.2. The number of urea groups is 2. The quantitative estimate of drug-likeness (QED) is 0.0372. The Morgan fingerprint density at radius 1 is 0.475 bits per heavy atom. The number of nitrogens with one attached hydrogen (secondary N) is 6. The fourth-order valence-electron chi connectivity index (χ4n) is 7.83. The van der Waals surface area contributed by atoms with E-state index in [0.717, 1.165) is 70.6 Å². The summed E-state index contributed by atoms with van der Waals surface area (Å²) >= 11 is 0. The third kappa shape index (κ3) is 28.5. The van der Waals surface area contributed by atoms with Gasteiger partial charge in [-0.3, -0.25) is 30.2 Å². The zero-order chi connectivity index (χ0) is 44.6. The van der Waals surface area contributed by atoms with Gasteiger partial charge in [0.05, 0.1) is 0 Å². The van der Waals surface area contributed by atoms with Crippen LogP contribution in [-0.2, 0) is 12.8 Å². The number of amides is 4. The highest BCUT2D eigenvalue weighted by molar-refractivity contribution is 5.87. The molecule has 0 aliphatic carbocycles. The van der Waals surface area contributed by atoms with Crippen LogP contribution in [0.25, 0.3) is 0 Å². The summed E-state index contributed by atoms with van der Waals surface area (Å²) in [5, 5.41) is 11.4. The molecule has 0 saturated carbocycles. The molecular weight excluding hydrogens is 765 g/mol. The first-order chi connectivity index (χ1) is 29.3. The smallest absolute Gasteiger partial charge is 0.321 e. The number of unbranched alkanes of at least 4 members (excludes halogenated alkanes) is 22. The number of carbonyl (C=O) groups excluding carboxylic acids is 2. The maximum Gasteiger partial charge on any atom is 0.321 e.